The fraction of sp³-hybridized carbons (Fsp3) is 0.0667. The molecule has 0 unspecified atom stereocenters. The summed E-state index contributed by atoms with van der Waals surface area (Å²) < 4.78 is 40.3. The molecule has 1 amide bonds. The van der Waals surface area contributed by atoms with Crippen molar-refractivity contribution in [1.29, 1.82) is 0 Å². The minimum atomic E-state index is -3.82. The van der Waals surface area contributed by atoms with Gasteiger partial charge < -0.3 is 0 Å². The van der Waals surface area contributed by atoms with E-state index in [4.69, 9.17) is 0 Å². The highest BCUT2D eigenvalue weighted by atomic mass is 32.2. The lowest BCUT2D eigenvalue weighted by Gasteiger charge is -2.10. The molecule has 0 saturated carbocycles. The maximum atomic E-state index is 13.1. The van der Waals surface area contributed by atoms with Crippen LogP contribution < -0.4 is 20.3 Å². The second kappa shape index (κ2) is 5.03. The molecular weight excluding hydrogens is 307 g/mol. The number of hydrogen-bond donors (Lipinski definition) is 2. The Labute approximate surface area is 125 Å². The van der Waals surface area contributed by atoms with E-state index in [0.29, 0.717) is 21.8 Å². The van der Waals surface area contributed by atoms with E-state index in [2.05, 4.69) is 9.71 Å². The number of fused-ring (bicyclic) bond motifs is 1. The van der Waals surface area contributed by atoms with Gasteiger partial charge in [-0.2, -0.15) is 4.99 Å². The fourth-order valence-corrected chi connectivity index (χ4v) is 3.36. The molecule has 1 heterocycles. The van der Waals surface area contributed by atoms with Crippen molar-refractivity contribution in [2.75, 3.05) is 4.72 Å². The molecule has 0 saturated heterocycles. The third-order valence-corrected chi connectivity index (χ3v) is 4.67. The summed E-state index contributed by atoms with van der Waals surface area (Å²) in [6.45, 7) is 1.61. The number of rotatable bonds is 3. The van der Waals surface area contributed by atoms with Crippen LogP contribution in [0.5, 0.6) is 0 Å². The van der Waals surface area contributed by atoms with Gasteiger partial charge in [-0.05, 0) is 42.8 Å². The standard InChI is InChI=1S/C15H11FN2O3S/c1-9-6-11(16)2-4-13(9)18-22(20,21)12-3-5-14-10(7-12)8-15(19)17-14/h2-8,18H,1H3/p+1. The van der Waals surface area contributed by atoms with Crippen LogP contribution in [-0.2, 0) is 14.8 Å². The molecule has 2 N–H and O–H groups in total. The number of aryl methyl sites for hydroxylation is 1. The van der Waals surface area contributed by atoms with Crippen molar-refractivity contribution in [3.63, 3.8) is 0 Å². The summed E-state index contributed by atoms with van der Waals surface area (Å²) in [7, 11) is -3.82. The highest BCUT2D eigenvalue weighted by Crippen LogP contribution is 2.19. The summed E-state index contributed by atoms with van der Waals surface area (Å²) >= 11 is 0. The minimum Gasteiger partial charge on any atom is -0.279 e. The molecule has 0 aromatic heterocycles. The number of anilines is 1. The molecule has 0 radical (unpaired) electrons. The van der Waals surface area contributed by atoms with Gasteiger partial charge in [-0.1, -0.05) is 0 Å². The van der Waals surface area contributed by atoms with Gasteiger partial charge in [0.05, 0.1) is 21.9 Å². The van der Waals surface area contributed by atoms with Gasteiger partial charge in [0, 0.05) is 6.07 Å². The average Bonchev–Trinajstić information content (AvgIpc) is 2.81. The maximum absolute atomic E-state index is 13.1. The van der Waals surface area contributed by atoms with Gasteiger partial charge in [-0.25, -0.2) is 17.6 Å². The van der Waals surface area contributed by atoms with Crippen LogP contribution in [0.4, 0.5) is 10.1 Å². The summed E-state index contributed by atoms with van der Waals surface area (Å²) in [5.74, 6) is -0.718. The summed E-state index contributed by atoms with van der Waals surface area (Å²) in [5.41, 5.74) is 0.785. The van der Waals surface area contributed by atoms with Crippen LogP contribution in [0.1, 0.15) is 5.56 Å². The first-order valence-corrected chi connectivity index (χ1v) is 7.92. The van der Waals surface area contributed by atoms with Crippen LogP contribution in [0, 0.1) is 12.7 Å². The van der Waals surface area contributed by atoms with Gasteiger partial charge in [-0.3, -0.25) is 4.72 Å². The summed E-state index contributed by atoms with van der Waals surface area (Å²) in [4.78, 5) is 13.9. The second-order valence-corrected chi connectivity index (χ2v) is 6.63. The van der Waals surface area contributed by atoms with E-state index in [-0.39, 0.29) is 10.8 Å². The molecule has 3 rings (SSSR count). The fourth-order valence-electron chi connectivity index (χ4n) is 2.20. The molecule has 2 aromatic rings. The number of carbonyl (C=O) groups is 1. The zero-order valence-electron chi connectivity index (χ0n) is 11.6. The van der Waals surface area contributed by atoms with Crippen molar-refractivity contribution >= 4 is 27.7 Å². The molecular formula is C15H12FN2O3S+. The van der Waals surface area contributed by atoms with Crippen molar-refractivity contribution < 1.29 is 22.6 Å². The number of hydrogen-bond acceptors (Lipinski definition) is 3. The van der Waals surface area contributed by atoms with E-state index < -0.39 is 15.8 Å². The normalized spacial score (nSPS) is 13.3. The van der Waals surface area contributed by atoms with Crippen molar-refractivity contribution in [3.8, 4) is 0 Å². The maximum Gasteiger partial charge on any atom is 0.411 e. The Morgan fingerprint density at radius 3 is 2.64 bits per heavy atom. The quantitative estimate of drug-likeness (QED) is 0.758. The van der Waals surface area contributed by atoms with Gasteiger partial charge in [0.2, 0.25) is 5.36 Å². The molecule has 22 heavy (non-hydrogen) atoms. The van der Waals surface area contributed by atoms with E-state index in [1.54, 1.807) is 6.92 Å². The van der Waals surface area contributed by atoms with Crippen LogP contribution in [0.3, 0.4) is 0 Å². The Morgan fingerprint density at radius 2 is 1.91 bits per heavy atom. The molecule has 0 atom stereocenters. The molecule has 1 aliphatic rings. The van der Waals surface area contributed by atoms with Crippen molar-refractivity contribution in [2.45, 2.75) is 11.8 Å². The number of benzene rings is 2. The lowest BCUT2D eigenvalue weighted by molar-refractivity contribution is -0.406. The van der Waals surface area contributed by atoms with E-state index in [0.717, 1.165) is 0 Å². The molecule has 2 aromatic carbocycles. The molecule has 7 heteroatoms. The summed E-state index contributed by atoms with van der Waals surface area (Å²) in [6, 6.07) is 8.14. The number of sulfonamides is 1. The predicted octanol–water partition coefficient (Wildman–Crippen LogP) is -1.04. The Balaban J connectivity index is 2.01. The summed E-state index contributed by atoms with van der Waals surface area (Å²) in [6.07, 6.45) is 1.33. The van der Waals surface area contributed by atoms with Gasteiger partial charge >= 0.3 is 5.91 Å². The lowest BCUT2D eigenvalue weighted by atomic mass is 10.2. The molecule has 0 spiro atoms. The van der Waals surface area contributed by atoms with Crippen molar-refractivity contribution in [3.05, 3.63) is 58.4 Å². The highest BCUT2D eigenvalue weighted by molar-refractivity contribution is 7.92. The smallest absolute Gasteiger partial charge is 0.279 e. The number of carbonyl (C=O) groups excluding carboxylic acids is 1. The van der Waals surface area contributed by atoms with Gasteiger partial charge in [0.1, 0.15) is 5.82 Å². The van der Waals surface area contributed by atoms with E-state index in [9.17, 15) is 17.6 Å². The minimum absolute atomic E-state index is 0.0303. The lowest BCUT2D eigenvalue weighted by Crippen LogP contribution is -2.79. The van der Waals surface area contributed by atoms with E-state index in [1.165, 1.54) is 42.5 Å². The Morgan fingerprint density at radius 1 is 1.14 bits per heavy atom. The van der Waals surface area contributed by atoms with Crippen molar-refractivity contribution in [2.24, 2.45) is 0 Å². The van der Waals surface area contributed by atoms with Gasteiger partial charge in [-0.15, -0.1) is 0 Å². The zero-order valence-corrected chi connectivity index (χ0v) is 12.4. The average molecular weight is 319 g/mol. The second-order valence-electron chi connectivity index (χ2n) is 4.95. The van der Waals surface area contributed by atoms with Crippen LogP contribution >= 0.6 is 0 Å². The molecule has 112 valence electrons. The van der Waals surface area contributed by atoms with Crippen LogP contribution in [0.15, 0.2) is 41.3 Å². The molecule has 0 fully saturated rings. The third-order valence-electron chi connectivity index (χ3n) is 3.31. The zero-order chi connectivity index (χ0) is 15.9. The number of nitrogens with one attached hydrogen (secondary N) is 2. The monoisotopic (exact) mass is 319 g/mol. The van der Waals surface area contributed by atoms with Gasteiger partial charge in [0.25, 0.3) is 10.0 Å². The Bertz CT molecular complexity index is 1010. The van der Waals surface area contributed by atoms with Crippen LogP contribution in [-0.4, -0.2) is 14.3 Å². The predicted molar refractivity (Wildman–Crippen MR) is 77.2 cm³/mol. The number of halogens is 1. The topological polar surface area (TPSA) is 77.2 Å². The Kier molecular flexibility index (Phi) is 3.29. The molecule has 0 bridgehead atoms. The molecule has 0 aliphatic carbocycles. The Hall–Kier alpha value is -2.54. The van der Waals surface area contributed by atoms with E-state index >= 15 is 0 Å². The first-order valence-electron chi connectivity index (χ1n) is 6.44. The largest absolute Gasteiger partial charge is 0.411 e. The highest BCUT2D eigenvalue weighted by Gasteiger charge is 2.18. The first-order chi connectivity index (χ1) is 10.3. The molecule has 1 aliphatic heterocycles. The third kappa shape index (κ3) is 2.62. The van der Waals surface area contributed by atoms with E-state index in [1.807, 2.05) is 0 Å². The van der Waals surface area contributed by atoms with Gasteiger partial charge in [0.15, 0.2) is 0 Å². The number of amides is 1. The summed E-state index contributed by atoms with van der Waals surface area (Å²) in [5, 5.41) is 1.09. The van der Waals surface area contributed by atoms with Crippen molar-refractivity contribution in [1.82, 2.24) is 0 Å². The van der Waals surface area contributed by atoms with Crippen LogP contribution in [0.2, 0.25) is 0 Å². The first kappa shape index (κ1) is 14.4. The SMILES string of the molecule is Cc1cc(F)ccc1NS(=O)(=O)c1ccc2c(c1)=CC(=O)[NH+]=2. The molecule has 5 nitrogen and oxygen atoms in total. The van der Waals surface area contributed by atoms with Crippen LogP contribution in [0.25, 0.3) is 6.08 Å².